The Bertz CT molecular complexity index is 1110. The average molecular weight is 441 g/mol. The first-order valence-corrected chi connectivity index (χ1v) is 11.5. The number of anilines is 1. The van der Waals surface area contributed by atoms with Crippen LogP contribution in [0.1, 0.15) is 5.56 Å². The fourth-order valence-electron chi connectivity index (χ4n) is 3.25. The molecule has 1 aliphatic rings. The molecule has 3 aromatic rings. The summed E-state index contributed by atoms with van der Waals surface area (Å²) in [5, 5.41) is 10.6. The van der Waals surface area contributed by atoms with Gasteiger partial charge in [0.15, 0.2) is 5.82 Å². The topological polar surface area (TPSA) is 66.4 Å². The van der Waals surface area contributed by atoms with Crippen molar-refractivity contribution in [1.82, 2.24) is 14.5 Å². The summed E-state index contributed by atoms with van der Waals surface area (Å²) in [7, 11) is -3.45. The number of sulfonamides is 1. The Hall–Kier alpha value is -2.74. The third-order valence-corrected chi connectivity index (χ3v) is 6.76. The molecule has 0 unspecified atom stereocenters. The van der Waals surface area contributed by atoms with Crippen LogP contribution < -0.4 is 4.90 Å². The molecular weight excluding hydrogens is 420 g/mol. The molecule has 2 heterocycles. The van der Waals surface area contributed by atoms with E-state index in [2.05, 4.69) is 10.2 Å². The van der Waals surface area contributed by atoms with E-state index in [4.69, 9.17) is 11.6 Å². The van der Waals surface area contributed by atoms with E-state index < -0.39 is 10.0 Å². The Morgan fingerprint density at radius 3 is 2.17 bits per heavy atom. The fraction of sp³-hybridized carbons (Fsp3) is 0.182. The zero-order chi connectivity index (χ0) is 21.0. The van der Waals surface area contributed by atoms with E-state index in [0.717, 1.165) is 22.6 Å². The Labute approximate surface area is 181 Å². The van der Waals surface area contributed by atoms with E-state index in [1.807, 2.05) is 71.6 Å². The van der Waals surface area contributed by atoms with Crippen LogP contribution in [0.5, 0.6) is 0 Å². The Morgan fingerprint density at radius 1 is 0.833 bits per heavy atom. The zero-order valence-electron chi connectivity index (χ0n) is 16.2. The molecule has 0 atom stereocenters. The van der Waals surface area contributed by atoms with E-state index >= 15 is 0 Å². The van der Waals surface area contributed by atoms with Crippen LogP contribution >= 0.6 is 11.6 Å². The van der Waals surface area contributed by atoms with Crippen LogP contribution in [-0.4, -0.2) is 49.1 Å². The van der Waals surface area contributed by atoms with E-state index in [-0.39, 0.29) is 0 Å². The van der Waals surface area contributed by atoms with E-state index in [1.54, 1.807) is 6.08 Å². The number of halogens is 1. The second kappa shape index (κ2) is 8.95. The number of rotatable bonds is 5. The molecule has 1 fully saturated rings. The van der Waals surface area contributed by atoms with Crippen molar-refractivity contribution in [3.05, 3.63) is 82.7 Å². The zero-order valence-corrected chi connectivity index (χ0v) is 17.8. The maximum absolute atomic E-state index is 12.6. The maximum atomic E-state index is 12.6. The number of hydrogen-bond acceptors (Lipinski definition) is 5. The third kappa shape index (κ3) is 4.87. The van der Waals surface area contributed by atoms with Gasteiger partial charge in [-0.25, -0.2) is 8.42 Å². The normalized spacial score (nSPS) is 15.6. The molecule has 0 amide bonds. The molecule has 8 heteroatoms. The lowest BCUT2D eigenvalue weighted by molar-refractivity contribution is 0.388. The van der Waals surface area contributed by atoms with Gasteiger partial charge in [-0.2, -0.15) is 4.31 Å². The molecule has 1 aliphatic heterocycles. The molecule has 0 radical (unpaired) electrons. The fourth-order valence-corrected chi connectivity index (χ4v) is 4.55. The highest BCUT2D eigenvalue weighted by Gasteiger charge is 2.25. The lowest BCUT2D eigenvalue weighted by atomic mass is 10.1. The van der Waals surface area contributed by atoms with Gasteiger partial charge in [0.05, 0.1) is 5.69 Å². The molecular formula is C22H21ClN4O2S. The molecule has 2 aromatic carbocycles. The van der Waals surface area contributed by atoms with Gasteiger partial charge in [-0.3, -0.25) is 0 Å². The van der Waals surface area contributed by atoms with Crippen LogP contribution in [0.4, 0.5) is 5.82 Å². The Balaban J connectivity index is 1.38. The molecule has 30 heavy (non-hydrogen) atoms. The van der Waals surface area contributed by atoms with Crippen molar-refractivity contribution in [2.45, 2.75) is 0 Å². The summed E-state index contributed by atoms with van der Waals surface area (Å²) in [6.45, 7) is 1.94. The molecule has 1 aromatic heterocycles. The Morgan fingerprint density at radius 2 is 1.53 bits per heavy atom. The summed E-state index contributed by atoms with van der Waals surface area (Å²) >= 11 is 5.93. The van der Waals surface area contributed by atoms with Crippen molar-refractivity contribution in [2.24, 2.45) is 0 Å². The number of benzene rings is 2. The second-order valence-electron chi connectivity index (χ2n) is 6.93. The number of aromatic nitrogens is 2. The van der Waals surface area contributed by atoms with Gasteiger partial charge in [-0.15, -0.1) is 10.2 Å². The van der Waals surface area contributed by atoms with Crippen molar-refractivity contribution < 1.29 is 8.42 Å². The van der Waals surface area contributed by atoms with Gasteiger partial charge in [0, 0.05) is 42.2 Å². The monoisotopic (exact) mass is 440 g/mol. The van der Waals surface area contributed by atoms with Crippen LogP contribution in [0.2, 0.25) is 5.02 Å². The third-order valence-electron chi connectivity index (χ3n) is 4.95. The van der Waals surface area contributed by atoms with Crippen molar-refractivity contribution in [3.63, 3.8) is 0 Å². The van der Waals surface area contributed by atoms with Gasteiger partial charge in [0.25, 0.3) is 0 Å². The highest BCUT2D eigenvalue weighted by Crippen LogP contribution is 2.22. The van der Waals surface area contributed by atoms with Gasteiger partial charge < -0.3 is 4.90 Å². The van der Waals surface area contributed by atoms with Crippen molar-refractivity contribution in [1.29, 1.82) is 0 Å². The Kier molecular flexibility index (Phi) is 6.13. The van der Waals surface area contributed by atoms with Gasteiger partial charge in [0.2, 0.25) is 10.0 Å². The summed E-state index contributed by atoms with van der Waals surface area (Å²) in [5.74, 6) is 0.740. The molecule has 0 N–H and O–H groups in total. The lowest BCUT2D eigenvalue weighted by Gasteiger charge is -2.33. The van der Waals surface area contributed by atoms with Crippen LogP contribution in [0, 0.1) is 0 Å². The second-order valence-corrected chi connectivity index (χ2v) is 9.18. The van der Waals surface area contributed by atoms with Crippen LogP contribution in [-0.2, 0) is 10.0 Å². The van der Waals surface area contributed by atoms with Gasteiger partial charge in [-0.05, 0) is 35.9 Å². The molecule has 6 nitrogen and oxygen atoms in total. The largest absolute Gasteiger partial charge is 0.352 e. The molecule has 4 rings (SSSR count). The minimum atomic E-state index is -3.45. The first-order valence-electron chi connectivity index (χ1n) is 9.59. The molecule has 0 bridgehead atoms. The highest BCUT2D eigenvalue weighted by molar-refractivity contribution is 7.92. The minimum absolute atomic E-state index is 0.405. The van der Waals surface area contributed by atoms with E-state index in [1.165, 1.54) is 9.71 Å². The van der Waals surface area contributed by atoms with Crippen molar-refractivity contribution in [3.8, 4) is 11.3 Å². The lowest BCUT2D eigenvalue weighted by Crippen LogP contribution is -2.48. The van der Waals surface area contributed by atoms with Gasteiger partial charge in [-0.1, -0.05) is 54.1 Å². The number of nitrogens with zero attached hydrogens (tertiary/aromatic N) is 4. The first kappa shape index (κ1) is 20.5. The van der Waals surface area contributed by atoms with Crippen molar-refractivity contribution in [2.75, 3.05) is 31.1 Å². The minimum Gasteiger partial charge on any atom is -0.352 e. The maximum Gasteiger partial charge on any atom is 0.236 e. The van der Waals surface area contributed by atoms with Crippen LogP contribution in [0.3, 0.4) is 0 Å². The summed E-state index contributed by atoms with van der Waals surface area (Å²) in [6.07, 6.45) is 1.63. The number of hydrogen-bond donors (Lipinski definition) is 0. The predicted octanol–water partition coefficient (Wildman–Crippen LogP) is 3.92. The number of piperazine rings is 1. The first-order chi connectivity index (χ1) is 14.5. The molecule has 154 valence electrons. The summed E-state index contributed by atoms with van der Waals surface area (Å²) in [4.78, 5) is 2.05. The standard InChI is InChI=1S/C22H21ClN4O2S/c23-20-8-6-19(7-9-20)21-10-11-22(25-24-21)26-13-15-27(16-14-26)30(28,29)17-12-18-4-2-1-3-5-18/h1-12,17H,13-16H2/b17-12-. The van der Waals surface area contributed by atoms with E-state index in [0.29, 0.717) is 31.2 Å². The molecule has 0 spiro atoms. The SMILES string of the molecule is O=S(=O)(/C=C\c1ccccc1)N1CCN(c2ccc(-c3ccc(Cl)cc3)nn2)CC1. The highest BCUT2D eigenvalue weighted by atomic mass is 35.5. The molecule has 1 saturated heterocycles. The summed E-state index contributed by atoms with van der Waals surface area (Å²) < 4.78 is 26.7. The summed E-state index contributed by atoms with van der Waals surface area (Å²) in [5.41, 5.74) is 2.57. The average Bonchev–Trinajstić information content (AvgIpc) is 2.79. The van der Waals surface area contributed by atoms with Gasteiger partial charge >= 0.3 is 0 Å². The van der Waals surface area contributed by atoms with Crippen LogP contribution in [0.15, 0.2) is 72.1 Å². The summed E-state index contributed by atoms with van der Waals surface area (Å²) in [6, 6.07) is 20.7. The van der Waals surface area contributed by atoms with Crippen LogP contribution in [0.25, 0.3) is 17.3 Å². The smallest absolute Gasteiger partial charge is 0.236 e. The van der Waals surface area contributed by atoms with Crippen molar-refractivity contribution >= 4 is 33.5 Å². The van der Waals surface area contributed by atoms with Gasteiger partial charge in [0.1, 0.15) is 0 Å². The predicted molar refractivity (Wildman–Crippen MR) is 121 cm³/mol. The quantitative estimate of drug-likeness (QED) is 0.601. The molecule has 0 saturated carbocycles. The van der Waals surface area contributed by atoms with E-state index in [9.17, 15) is 8.42 Å². The molecule has 0 aliphatic carbocycles.